The Morgan fingerprint density at radius 1 is 1.35 bits per heavy atom. The SMILES string of the molecule is O=CNCC(=O)N[C@@H](Cc1ccccc1)C(=O)C1CO1. The quantitative estimate of drug-likeness (QED) is 0.491. The van der Waals surface area contributed by atoms with Crippen molar-refractivity contribution in [2.75, 3.05) is 13.2 Å². The van der Waals surface area contributed by atoms with Gasteiger partial charge in [0, 0.05) is 0 Å². The number of ketones is 1. The van der Waals surface area contributed by atoms with E-state index in [9.17, 15) is 14.4 Å². The number of rotatable bonds is 8. The summed E-state index contributed by atoms with van der Waals surface area (Å²) in [7, 11) is 0. The van der Waals surface area contributed by atoms with E-state index in [1.165, 1.54) is 0 Å². The van der Waals surface area contributed by atoms with Crippen molar-refractivity contribution in [2.24, 2.45) is 0 Å². The van der Waals surface area contributed by atoms with Crippen LogP contribution in [0, 0.1) is 0 Å². The van der Waals surface area contributed by atoms with E-state index in [2.05, 4.69) is 10.6 Å². The van der Waals surface area contributed by atoms with Gasteiger partial charge in [-0.25, -0.2) is 0 Å². The number of benzene rings is 1. The van der Waals surface area contributed by atoms with Crippen molar-refractivity contribution >= 4 is 18.1 Å². The third-order valence-electron chi connectivity index (χ3n) is 2.96. The number of amides is 2. The molecule has 6 nitrogen and oxygen atoms in total. The predicted octanol–water partition coefficient (Wildman–Crippen LogP) is -0.572. The highest BCUT2D eigenvalue weighted by molar-refractivity contribution is 5.94. The van der Waals surface area contributed by atoms with E-state index in [4.69, 9.17) is 4.74 Å². The van der Waals surface area contributed by atoms with Crippen LogP contribution in [0.5, 0.6) is 0 Å². The lowest BCUT2D eigenvalue weighted by atomic mass is 10.0. The molecule has 0 aromatic heterocycles. The van der Waals surface area contributed by atoms with Gasteiger partial charge in [0.2, 0.25) is 12.3 Å². The van der Waals surface area contributed by atoms with Crippen LogP contribution in [0.25, 0.3) is 0 Å². The summed E-state index contributed by atoms with van der Waals surface area (Å²) in [6.45, 7) is 0.264. The molecule has 1 aliphatic heterocycles. The van der Waals surface area contributed by atoms with Gasteiger partial charge in [-0.2, -0.15) is 0 Å². The molecule has 2 rings (SSSR count). The van der Waals surface area contributed by atoms with Crippen molar-refractivity contribution < 1.29 is 19.1 Å². The van der Waals surface area contributed by atoms with Crippen LogP contribution in [0.3, 0.4) is 0 Å². The number of nitrogens with one attached hydrogen (secondary N) is 2. The highest BCUT2D eigenvalue weighted by Crippen LogP contribution is 2.15. The fraction of sp³-hybridized carbons (Fsp3) is 0.357. The molecular weight excluding hydrogens is 260 g/mol. The Kier molecular flexibility index (Phi) is 4.84. The number of epoxide rings is 1. The summed E-state index contributed by atoms with van der Waals surface area (Å²) in [5.41, 5.74) is 0.954. The van der Waals surface area contributed by atoms with Gasteiger partial charge in [-0.05, 0) is 12.0 Å². The topological polar surface area (TPSA) is 87.8 Å². The molecule has 106 valence electrons. The minimum absolute atomic E-state index is 0.131. The Morgan fingerprint density at radius 2 is 2.05 bits per heavy atom. The summed E-state index contributed by atoms with van der Waals surface area (Å²) in [6, 6.07) is 8.79. The zero-order valence-corrected chi connectivity index (χ0v) is 10.9. The molecule has 0 saturated carbocycles. The van der Waals surface area contributed by atoms with Gasteiger partial charge in [-0.15, -0.1) is 0 Å². The zero-order valence-electron chi connectivity index (χ0n) is 10.9. The Labute approximate surface area is 116 Å². The van der Waals surface area contributed by atoms with Crippen LogP contribution < -0.4 is 10.6 Å². The molecule has 6 heteroatoms. The molecule has 0 spiro atoms. The molecule has 1 unspecified atom stereocenters. The maximum atomic E-state index is 12.1. The standard InChI is InChI=1S/C14H16N2O4/c17-9-15-7-13(18)16-11(14(19)12-8-20-12)6-10-4-2-1-3-5-10/h1-5,9,11-12H,6-8H2,(H,15,17)(H,16,18)/t11-,12?/m0/s1. The Bertz CT molecular complexity index is 485. The number of carbonyl (C=O) groups excluding carboxylic acids is 3. The average Bonchev–Trinajstić information content (AvgIpc) is 3.29. The van der Waals surface area contributed by atoms with Crippen molar-refractivity contribution in [3.05, 3.63) is 35.9 Å². The molecule has 1 heterocycles. The van der Waals surface area contributed by atoms with E-state index in [1.54, 1.807) is 0 Å². The number of ether oxygens (including phenoxy) is 1. The van der Waals surface area contributed by atoms with Crippen molar-refractivity contribution in [1.82, 2.24) is 10.6 Å². The fourth-order valence-electron chi connectivity index (χ4n) is 1.89. The van der Waals surface area contributed by atoms with Crippen LogP contribution in [-0.4, -0.2) is 43.4 Å². The molecule has 1 fully saturated rings. The van der Waals surface area contributed by atoms with Gasteiger partial charge < -0.3 is 15.4 Å². The number of Topliss-reactive ketones (excluding diaryl/α,β-unsaturated/α-hetero) is 1. The van der Waals surface area contributed by atoms with Gasteiger partial charge in [0.1, 0.15) is 6.10 Å². The molecule has 2 atom stereocenters. The summed E-state index contributed by atoms with van der Waals surface area (Å²) in [4.78, 5) is 33.9. The molecule has 0 radical (unpaired) electrons. The Morgan fingerprint density at radius 3 is 2.65 bits per heavy atom. The monoisotopic (exact) mass is 276 g/mol. The minimum atomic E-state index is -0.633. The first-order valence-corrected chi connectivity index (χ1v) is 6.36. The third kappa shape index (κ3) is 4.17. The Hall–Kier alpha value is -2.21. The van der Waals surface area contributed by atoms with Crippen molar-refractivity contribution in [3.63, 3.8) is 0 Å². The molecule has 1 aromatic carbocycles. The van der Waals surface area contributed by atoms with Gasteiger partial charge >= 0.3 is 0 Å². The van der Waals surface area contributed by atoms with E-state index in [0.717, 1.165) is 5.56 Å². The summed E-state index contributed by atoms with van der Waals surface area (Å²) < 4.78 is 4.98. The number of hydrogen-bond acceptors (Lipinski definition) is 4. The minimum Gasteiger partial charge on any atom is -0.365 e. The van der Waals surface area contributed by atoms with Crippen LogP contribution >= 0.6 is 0 Å². The van der Waals surface area contributed by atoms with Crippen molar-refractivity contribution in [2.45, 2.75) is 18.6 Å². The average molecular weight is 276 g/mol. The largest absolute Gasteiger partial charge is 0.365 e. The molecule has 20 heavy (non-hydrogen) atoms. The predicted molar refractivity (Wildman–Crippen MR) is 70.9 cm³/mol. The van der Waals surface area contributed by atoms with Crippen LogP contribution in [0.1, 0.15) is 5.56 Å². The second-order valence-corrected chi connectivity index (χ2v) is 4.53. The highest BCUT2D eigenvalue weighted by Gasteiger charge is 2.36. The summed E-state index contributed by atoms with van der Waals surface area (Å²) in [6.07, 6.45) is 0.437. The van der Waals surface area contributed by atoms with E-state index in [1.807, 2.05) is 30.3 Å². The van der Waals surface area contributed by atoms with Crippen molar-refractivity contribution in [1.29, 1.82) is 0 Å². The lowest BCUT2D eigenvalue weighted by molar-refractivity contribution is -0.128. The molecule has 1 aliphatic rings. The lowest BCUT2D eigenvalue weighted by Gasteiger charge is -2.17. The molecule has 2 amide bonds. The summed E-state index contributed by atoms with van der Waals surface area (Å²) in [5.74, 6) is -0.527. The Balaban J connectivity index is 1.98. The molecular formula is C14H16N2O4. The number of hydrogen-bond donors (Lipinski definition) is 2. The molecule has 1 saturated heterocycles. The maximum absolute atomic E-state index is 12.1. The van der Waals surface area contributed by atoms with Gasteiger partial charge in [0.25, 0.3) is 0 Å². The zero-order chi connectivity index (χ0) is 14.4. The molecule has 1 aromatic rings. The van der Waals surface area contributed by atoms with Crippen LogP contribution in [0.2, 0.25) is 0 Å². The van der Waals surface area contributed by atoms with E-state index >= 15 is 0 Å². The van der Waals surface area contributed by atoms with E-state index in [-0.39, 0.29) is 12.3 Å². The van der Waals surface area contributed by atoms with Gasteiger partial charge in [-0.3, -0.25) is 14.4 Å². The second-order valence-electron chi connectivity index (χ2n) is 4.53. The van der Waals surface area contributed by atoms with Gasteiger partial charge in [0.15, 0.2) is 5.78 Å². The summed E-state index contributed by atoms with van der Waals surface area (Å²) >= 11 is 0. The normalized spacial score (nSPS) is 17.9. The first-order chi connectivity index (χ1) is 9.70. The van der Waals surface area contributed by atoms with E-state index < -0.39 is 18.1 Å². The fourth-order valence-corrected chi connectivity index (χ4v) is 1.89. The first-order valence-electron chi connectivity index (χ1n) is 6.36. The maximum Gasteiger partial charge on any atom is 0.239 e. The summed E-state index contributed by atoms with van der Waals surface area (Å²) in [5, 5.41) is 4.90. The lowest BCUT2D eigenvalue weighted by Crippen LogP contribution is -2.47. The van der Waals surface area contributed by atoms with Crippen LogP contribution in [0.4, 0.5) is 0 Å². The smallest absolute Gasteiger partial charge is 0.239 e. The third-order valence-corrected chi connectivity index (χ3v) is 2.96. The molecule has 0 aliphatic carbocycles. The molecule has 0 bridgehead atoms. The van der Waals surface area contributed by atoms with E-state index in [0.29, 0.717) is 19.4 Å². The van der Waals surface area contributed by atoms with Gasteiger partial charge in [0.05, 0.1) is 19.2 Å². The van der Waals surface area contributed by atoms with Crippen LogP contribution in [-0.2, 0) is 25.5 Å². The highest BCUT2D eigenvalue weighted by atomic mass is 16.6. The van der Waals surface area contributed by atoms with Gasteiger partial charge in [-0.1, -0.05) is 30.3 Å². The molecule has 2 N–H and O–H groups in total. The number of carbonyl (C=O) groups is 3. The van der Waals surface area contributed by atoms with Crippen molar-refractivity contribution in [3.8, 4) is 0 Å². The van der Waals surface area contributed by atoms with Crippen LogP contribution in [0.15, 0.2) is 30.3 Å². The first kappa shape index (κ1) is 14.2. The second kappa shape index (κ2) is 6.81.